The minimum absolute atomic E-state index is 0.262. The summed E-state index contributed by atoms with van der Waals surface area (Å²) in [6.07, 6.45) is 2.26. The number of nitrogens with zero attached hydrogens (tertiary/aromatic N) is 3. The van der Waals surface area contributed by atoms with Gasteiger partial charge in [-0.15, -0.1) is 0 Å². The van der Waals surface area contributed by atoms with E-state index in [1.54, 1.807) is 18.2 Å². The molecule has 156 valence electrons. The van der Waals surface area contributed by atoms with Gasteiger partial charge < -0.3 is 19.7 Å². The van der Waals surface area contributed by atoms with Crippen LogP contribution in [0.5, 0.6) is 5.88 Å². The van der Waals surface area contributed by atoms with E-state index < -0.39 is 5.60 Å². The Hall–Kier alpha value is -3.35. The first-order valence-corrected chi connectivity index (χ1v) is 9.99. The van der Waals surface area contributed by atoms with E-state index in [9.17, 15) is 4.79 Å². The molecule has 0 unspecified atom stereocenters. The molecule has 1 N–H and O–H groups in total. The van der Waals surface area contributed by atoms with Gasteiger partial charge in [-0.3, -0.25) is 0 Å². The molecule has 0 saturated carbocycles. The largest absolute Gasteiger partial charge is 0.481 e. The molecule has 2 aromatic heterocycles. The van der Waals surface area contributed by atoms with Gasteiger partial charge in [-0.25, -0.2) is 9.78 Å². The van der Waals surface area contributed by atoms with E-state index in [0.29, 0.717) is 24.6 Å². The highest BCUT2D eigenvalue weighted by molar-refractivity contribution is 5.91. The minimum Gasteiger partial charge on any atom is -0.481 e. The Balaban J connectivity index is 1.52. The predicted octanol–water partition coefficient (Wildman–Crippen LogP) is 4.68. The van der Waals surface area contributed by atoms with Crippen molar-refractivity contribution in [2.45, 2.75) is 39.3 Å². The standard InChI is InChI=1S/C23H26N4O3/c1-23(2,3)30-22(28)27-12-10-15-13-17(6-5-16(15)14-27)25-19-9-11-24-21-18(19)7-8-20(26-21)29-4/h5-9,11,13H,10,12,14H2,1-4H3,(H,24,25,26). The number of pyridine rings is 2. The lowest BCUT2D eigenvalue weighted by Gasteiger charge is -2.31. The number of benzene rings is 1. The van der Waals surface area contributed by atoms with Crippen LogP contribution in [0.3, 0.4) is 0 Å². The van der Waals surface area contributed by atoms with Gasteiger partial charge in [0.2, 0.25) is 5.88 Å². The van der Waals surface area contributed by atoms with Crippen molar-refractivity contribution in [3.05, 3.63) is 53.7 Å². The number of methoxy groups -OCH3 is 1. The van der Waals surface area contributed by atoms with Crippen molar-refractivity contribution in [1.29, 1.82) is 0 Å². The molecule has 7 nitrogen and oxygen atoms in total. The number of hydrogen-bond acceptors (Lipinski definition) is 6. The van der Waals surface area contributed by atoms with Crippen LogP contribution < -0.4 is 10.1 Å². The van der Waals surface area contributed by atoms with Crippen LogP contribution in [0, 0.1) is 0 Å². The number of carbonyl (C=O) groups is 1. The molecule has 1 aromatic carbocycles. The molecule has 3 aromatic rings. The van der Waals surface area contributed by atoms with Crippen LogP contribution in [0.4, 0.5) is 16.2 Å². The highest BCUT2D eigenvalue weighted by Crippen LogP contribution is 2.29. The van der Waals surface area contributed by atoms with Gasteiger partial charge in [0.25, 0.3) is 0 Å². The van der Waals surface area contributed by atoms with Crippen molar-refractivity contribution >= 4 is 28.5 Å². The molecule has 0 saturated heterocycles. The Morgan fingerprint density at radius 1 is 1.13 bits per heavy atom. The molecule has 0 radical (unpaired) electrons. The topological polar surface area (TPSA) is 76.6 Å². The fraction of sp³-hybridized carbons (Fsp3) is 0.348. The lowest BCUT2D eigenvalue weighted by Crippen LogP contribution is -2.39. The van der Waals surface area contributed by atoms with Crippen molar-refractivity contribution in [1.82, 2.24) is 14.9 Å². The van der Waals surface area contributed by atoms with Gasteiger partial charge in [0.05, 0.1) is 12.8 Å². The second-order valence-corrected chi connectivity index (χ2v) is 8.34. The Bertz CT molecular complexity index is 1090. The molecule has 0 aliphatic carbocycles. The lowest BCUT2D eigenvalue weighted by atomic mass is 9.99. The number of nitrogens with one attached hydrogen (secondary N) is 1. The van der Waals surface area contributed by atoms with Gasteiger partial charge in [0.15, 0.2) is 5.65 Å². The van der Waals surface area contributed by atoms with E-state index in [1.807, 2.05) is 45.0 Å². The van der Waals surface area contributed by atoms with Crippen molar-refractivity contribution < 1.29 is 14.3 Å². The summed E-state index contributed by atoms with van der Waals surface area (Å²) in [5.41, 5.74) is 4.44. The summed E-state index contributed by atoms with van der Waals surface area (Å²) in [7, 11) is 1.59. The number of amides is 1. The summed E-state index contributed by atoms with van der Waals surface area (Å²) in [5.74, 6) is 0.537. The molecule has 0 spiro atoms. The number of anilines is 2. The molecular weight excluding hydrogens is 380 g/mol. The third kappa shape index (κ3) is 4.30. The molecule has 4 rings (SSSR count). The fourth-order valence-corrected chi connectivity index (χ4v) is 3.50. The van der Waals surface area contributed by atoms with Crippen molar-refractivity contribution in [2.24, 2.45) is 0 Å². The SMILES string of the molecule is COc1ccc2c(Nc3ccc4c(c3)CCN(C(=O)OC(C)(C)C)C4)ccnc2n1. The number of aromatic nitrogens is 2. The maximum atomic E-state index is 12.4. The molecule has 30 heavy (non-hydrogen) atoms. The van der Waals surface area contributed by atoms with Gasteiger partial charge in [0, 0.05) is 36.4 Å². The van der Waals surface area contributed by atoms with Crippen LogP contribution in [-0.4, -0.2) is 40.2 Å². The normalized spacial score (nSPS) is 13.7. The maximum Gasteiger partial charge on any atom is 0.410 e. The Morgan fingerprint density at radius 3 is 2.73 bits per heavy atom. The monoisotopic (exact) mass is 406 g/mol. The first-order chi connectivity index (χ1) is 14.3. The Morgan fingerprint density at radius 2 is 1.97 bits per heavy atom. The fourth-order valence-electron chi connectivity index (χ4n) is 3.50. The zero-order valence-electron chi connectivity index (χ0n) is 17.7. The smallest absolute Gasteiger partial charge is 0.410 e. The maximum absolute atomic E-state index is 12.4. The van der Waals surface area contributed by atoms with E-state index in [1.165, 1.54) is 5.56 Å². The average molecular weight is 406 g/mol. The van der Waals surface area contributed by atoms with E-state index in [4.69, 9.17) is 9.47 Å². The molecule has 3 heterocycles. The van der Waals surface area contributed by atoms with Crippen LogP contribution in [0.25, 0.3) is 11.0 Å². The van der Waals surface area contributed by atoms with Gasteiger partial charge in [0.1, 0.15) is 5.60 Å². The summed E-state index contributed by atoms with van der Waals surface area (Å²) in [6.45, 7) is 6.86. The predicted molar refractivity (Wildman–Crippen MR) is 116 cm³/mol. The van der Waals surface area contributed by atoms with E-state index in [-0.39, 0.29) is 6.09 Å². The minimum atomic E-state index is -0.489. The zero-order valence-corrected chi connectivity index (χ0v) is 17.7. The number of ether oxygens (including phenoxy) is 2. The molecule has 0 atom stereocenters. The second-order valence-electron chi connectivity index (χ2n) is 8.34. The Labute approximate surface area is 176 Å². The van der Waals surface area contributed by atoms with Crippen molar-refractivity contribution in [3.8, 4) is 5.88 Å². The summed E-state index contributed by atoms with van der Waals surface area (Å²) in [6, 6.07) is 11.9. The second kappa shape index (κ2) is 7.82. The summed E-state index contributed by atoms with van der Waals surface area (Å²) < 4.78 is 10.7. The average Bonchev–Trinajstić information content (AvgIpc) is 2.72. The van der Waals surface area contributed by atoms with Crippen LogP contribution in [0.1, 0.15) is 31.9 Å². The lowest BCUT2D eigenvalue weighted by molar-refractivity contribution is 0.0224. The summed E-state index contributed by atoms with van der Waals surface area (Å²) in [4.78, 5) is 22.9. The van der Waals surface area contributed by atoms with Gasteiger partial charge in [-0.2, -0.15) is 4.98 Å². The molecule has 1 amide bonds. The zero-order chi connectivity index (χ0) is 21.3. The third-order valence-electron chi connectivity index (χ3n) is 4.94. The number of fused-ring (bicyclic) bond motifs is 2. The first-order valence-electron chi connectivity index (χ1n) is 9.99. The first kappa shape index (κ1) is 19.9. The van der Waals surface area contributed by atoms with E-state index in [0.717, 1.165) is 28.7 Å². The van der Waals surface area contributed by atoms with Gasteiger partial charge in [-0.1, -0.05) is 6.07 Å². The van der Waals surface area contributed by atoms with Gasteiger partial charge in [-0.05, 0) is 62.6 Å². The highest BCUT2D eigenvalue weighted by atomic mass is 16.6. The van der Waals surface area contributed by atoms with Crippen LogP contribution in [-0.2, 0) is 17.7 Å². The highest BCUT2D eigenvalue weighted by Gasteiger charge is 2.25. The van der Waals surface area contributed by atoms with Crippen LogP contribution >= 0.6 is 0 Å². The number of carbonyl (C=O) groups excluding carboxylic acids is 1. The summed E-state index contributed by atoms with van der Waals surface area (Å²) in [5, 5.41) is 4.40. The van der Waals surface area contributed by atoms with Crippen LogP contribution in [0.2, 0.25) is 0 Å². The molecule has 1 aliphatic rings. The quantitative estimate of drug-likeness (QED) is 0.681. The van der Waals surface area contributed by atoms with E-state index >= 15 is 0 Å². The summed E-state index contributed by atoms with van der Waals surface area (Å²) >= 11 is 0. The Kier molecular flexibility index (Phi) is 5.20. The van der Waals surface area contributed by atoms with Crippen molar-refractivity contribution in [3.63, 3.8) is 0 Å². The molecule has 7 heteroatoms. The van der Waals surface area contributed by atoms with Crippen LogP contribution in [0.15, 0.2) is 42.6 Å². The van der Waals surface area contributed by atoms with Gasteiger partial charge >= 0.3 is 6.09 Å². The van der Waals surface area contributed by atoms with Crippen molar-refractivity contribution in [2.75, 3.05) is 19.0 Å². The third-order valence-corrected chi connectivity index (χ3v) is 4.94. The van der Waals surface area contributed by atoms with E-state index in [2.05, 4.69) is 27.4 Å². The molecule has 0 bridgehead atoms. The molecule has 1 aliphatic heterocycles. The molecule has 0 fully saturated rings. The molecular formula is C23H26N4O3. The number of hydrogen-bond donors (Lipinski definition) is 1. The number of rotatable bonds is 3.